The average molecular weight is 529 g/mol. The summed E-state index contributed by atoms with van der Waals surface area (Å²) in [5.41, 5.74) is 4.49. The molecule has 8 nitrogen and oxygen atoms in total. The van der Waals surface area contributed by atoms with E-state index in [9.17, 15) is 9.90 Å². The third-order valence-electron chi connectivity index (χ3n) is 8.89. The summed E-state index contributed by atoms with van der Waals surface area (Å²) in [4.78, 5) is 20.8. The monoisotopic (exact) mass is 528 g/mol. The molecule has 3 aromatic rings. The van der Waals surface area contributed by atoms with Gasteiger partial charge in [0.25, 0.3) is 0 Å². The van der Waals surface area contributed by atoms with Gasteiger partial charge in [0, 0.05) is 74.9 Å². The van der Waals surface area contributed by atoms with Crippen molar-refractivity contribution in [2.24, 2.45) is 0 Å². The second-order valence-electron chi connectivity index (χ2n) is 11.5. The fourth-order valence-corrected chi connectivity index (χ4v) is 6.64. The zero-order chi connectivity index (χ0) is 26.3. The topological polar surface area (TPSA) is 87.2 Å². The SMILES string of the molecule is O=C1CCC(N2Cc3cc(O[C@H]4CCN(Cc5cc6ccc([C@H]7CCOC7)cc6cn5)C4)ccc3C2O)CN1. The highest BCUT2D eigenvalue weighted by atomic mass is 16.5. The Morgan fingerprint density at radius 1 is 1.10 bits per heavy atom. The number of nitrogens with one attached hydrogen (secondary N) is 1. The molecule has 5 heterocycles. The van der Waals surface area contributed by atoms with Crippen LogP contribution in [0.5, 0.6) is 5.75 Å². The number of aliphatic hydroxyl groups is 1. The molecule has 0 aliphatic carbocycles. The number of benzene rings is 2. The van der Waals surface area contributed by atoms with Crippen LogP contribution >= 0.6 is 0 Å². The predicted molar refractivity (Wildman–Crippen MR) is 147 cm³/mol. The molecule has 7 rings (SSSR count). The molecule has 0 spiro atoms. The van der Waals surface area contributed by atoms with E-state index >= 15 is 0 Å². The van der Waals surface area contributed by atoms with Crippen LogP contribution in [0.4, 0.5) is 0 Å². The number of fused-ring (bicyclic) bond motifs is 2. The molecule has 8 heteroatoms. The van der Waals surface area contributed by atoms with E-state index in [4.69, 9.17) is 14.5 Å². The highest BCUT2D eigenvalue weighted by Gasteiger charge is 2.36. The Labute approximate surface area is 228 Å². The van der Waals surface area contributed by atoms with Crippen molar-refractivity contribution in [1.82, 2.24) is 20.1 Å². The van der Waals surface area contributed by atoms with Crippen molar-refractivity contribution in [2.45, 2.75) is 63.1 Å². The van der Waals surface area contributed by atoms with Gasteiger partial charge in [-0.1, -0.05) is 18.2 Å². The van der Waals surface area contributed by atoms with Crippen LogP contribution in [0.25, 0.3) is 10.8 Å². The molecule has 0 radical (unpaired) electrons. The maximum atomic E-state index is 11.5. The molecule has 2 N–H and O–H groups in total. The van der Waals surface area contributed by atoms with Crippen molar-refractivity contribution < 1.29 is 19.4 Å². The molecule has 4 aliphatic rings. The van der Waals surface area contributed by atoms with Crippen LogP contribution in [-0.2, 0) is 22.6 Å². The van der Waals surface area contributed by atoms with Crippen molar-refractivity contribution in [3.05, 3.63) is 71.0 Å². The third kappa shape index (κ3) is 5.14. The van der Waals surface area contributed by atoms with Crippen molar-refractivity contribution >= 4 is 16.7 Å². The van der Waals surface area contributed by atoms with Gasteiger partial charge in [-0.2, -0.15) is 0 Å². The lowest BCUT2D eigenvalue weighted by atomic mass is 9.96. The summed E-state index contributed by atoms with van der Waals surface area (Å²) < 4.78 is 12.0. The second-order valence-corrected chi connectivity index (χ2v) is 11.5. The number of amides is 1. The molecule has 3 saturated heterocycles. The normalized spacial score (nSPS) is 27.7. The summed E-state index contributed by atoms with van der Waals surface area (Å²) >= 11 is 0. The molecule has 3 fully saturated rings. The summed E-state index contributed by atoms with van der Waals surface area (Å²) in [6.45, 7) is 5.61. The minimum absolute atomic E-state index is 0.0965. The number of carbonyl (C=O) groups excluding carboxylic acids is 1. The highest BCUT2D eigenvalue weighted by molar-refractivity contribution is 5.82. The largest absolute Gasteiger partial charge is 0.489 e. The molecule has 204 valence electrons. The lowest BCUT2D eigenvalue weighted by Crippen LogP contribution is -2.47. The molecular weight excluding hydrogens is 492 g/mol. The Balaban J connectivity index is 0.956. The van der Waals surface area contributed by atoms with Gasteiger partial charge < -0.3 is 19.9 Å². The fraction of sp³-hybridized carbons (Fsp3) is 0.484. The maximum absolute atomic E-state index is 11.5. The number of hydrogen-bond donors (Lipinski definition) is 2. The number of nitrogens with zero attached hydrogens (tertiary/aromatic N) is 3. The number of piperidine rings is 1. The number of ether oxygens (including phenoxy) is 2. The van der Waals surface area contributed by atoms with Gasteiger partial charge in [0.1, 0.15) is 18.1 Å². The summed E-state index contributed by atoms with van der Waals surface area (Å²) in [5.74, 6) is 1.46. The number of aliphatic hydroxyl groups excluding tert-OH is 1. The first kappa shape index (κ1) is 25.0. The molecule has 0 bridgehead atoms. The van der Waals surface area contributed by atoms with E-state index in [1.165, 1.54) is 16.3 Å². The quantitative estimate of drug-likeness (QED) is 0.507. The van der Waals surface area contributed by atoms with Crippen LogP contribution in [0.15, 0.2) is 48.7 Å². The van der Waals surface area contributed by atoms with Gasteiger partial charge in [0.15, 0.2) is 0 Å². The summed E-state index contributed by atoms with van der Waals surface area (Å²) in [7, 11) is 0. The third-order valence-corrected chi connectivity index (χ3v) is 8.89. The van der Waals surface area contributed by atoms with E-state index in [0.717, 1.165) is 74.7 Å². The minimum Gasteiger partial charge on any atom is -0.489 e. The van der Waals surface area contributed by atoms with E-state index in [1.807, 2.05) is 18.3 Å². The van der Waals surface area contributed by atoms with E-state index in [0.29, 0.717) is 25.4 Å². The van der Waals surface area contributed by atoms with Crippen LogP contribution < -0.4 is 10.1 Å². The number of carbonyl (C=O) groups is 1. The first-order valence-corrected chi connectivity index (χ1v) is 14.3. The van der Waals surface area contributed by atoms with Crippen molar-refractivity contribution in [3.63, 3.8) is 0 Å². The van der Waals surface area contributed by atoms with Gasteiger partial charge in [-0.05, 0) is 60.0 Å². The van der Waals surface area contributed by atoms with Crippen LogP contribution in [0.3, 0.4) is 0 Å². The maximum Gasteiger partial charge on any atom is 0.220 e. The number of hydrogen-bond acceptors (Lipinski definition) is 7. The fourth-order valence-electron chi connectivity index (χ4n) is 6.64. The van der Waals surface area contributed by atoms with E-state index in [-0.39, 0.29) is 18.1 Å². The molecule has 39 heavy (non-hydrogen) atoms. The molecule has 1 amide bonds. The van der Waals surface area contributed by atoms with Gasteiger partial charge in [-0.15, -0.1) is 0 Å². The second kappa shape index (κ2) is 10.5. The number of likely N-dealkylation sites (tertiary alicyclic amines) is 1. The lowest BCUT2D eigenvalue weighted by molar-refractivity contribution is -0.124. The van der Waals surface area contributed by atoms with Crippen LogP contribution in [0.1, 0.15) is 60.2 Å². The first-order chi connectivity index (χ1) is 19.1. The Bertz CT molecular complexity index is 1360. The first-order valence-electron chi connectivity index (χ1n) is 14.3. The molecule has 0 saturated carbocycles. The lowest BCUT2D eigenvalue weighted by Gasteiger charge is -2.33. The van der Waals surface area contributed by atoms with Crippen molar-refractivity contribution in [1.29, 1.82) is 0 Å². The Morgan fingerprint density at radius 2 is 2.05 bits per heavy atom. The molecule has 2 aromatic carbocycles. The number of pyridine rings is 1. The van der Waals surface area contributed by atoms with Crippen molar-refractivity contribution in [3.8, 4) is 5.75 Å². The van der Waals surface area contributed by atoms with Crippen LogP contribution in [-0.4, -0.2) is 70.8 Å². The van der Waals surface area contributed by atoms with E-state index in [1.54, 1.807) is 0 Å². The molecule has 1 aromatic heterocycles. The molecule has 4 aliphatic heterocycles. The van der Waals surface area contributed by atoms with Gasteiger partial charge in [-0.3, -0.25) is 19.6 Å². The zero-order valence-electron chi connectivity index (χ0n) is 22.2. The Kier molecular flexibility index (Phi) is 6.72. The Hall–Kier alpha value is -3.04. The molecule has 2 unspecified atom stereocenters. The number of aromatic nitrogens is 1. The zero-order valence-corrected chi connectivity index (χ0v) is 22.2. The number of rotatable bonds is 6. The van der Waals surface area contributed by atoms with Gasteiger partial charge in [0.05, 0.1) is 12.3 Å². The van der Waals surface area contributed by atoms with Gasteiger partial charge in [0.2, 0.25) is 5.91 Å². The summed E-state index contributed by atoms with van der Waals surface area (Å²) in [6.07, 6.45) is 4.89. The van der Waals surface area contributed by atoms with E-state index in [2.05, 4.69) is 45.4 Å². The summed E-state index contributed by atoms with van der Waals surface area (Å²) in [6, 6.07) is 15.2. The standard InChI is InChI=1S/C31H36N4O4/c36-30-6-3-26(15-33-30)35-16-24-13-27(4-5-29(24)31(35)37)39-28-7-9-34(18-28)17-25-12-21-2-1-20(11-23(21)14-32-25)22-8-10-38-19-22/h1-2,4-5,11-14,22,26,28,31,37H,3,6-10,15-19H2,(H,33,36)/t22-,26?,28-,31?/m0/s1. The minimum atomic E-state index is -0.631. The smallest absolute Gasteiger partial charge is 0.220 e. The van der Waals surface area contributed by atoms with Gasteiger partial charge in [-0.25, -0.2) is 0 Å². The average Bonchev–Trinajstić information content (AvgIpc) is 3.71. The highest BCUT2D eigenvalue weighted by Crippen LogP contribution is 2.37. The van der Waals surface area contributed by atoms with E-state index < -0.39 is 6.23 Å². The van der Waals surface area contributed by atoms with Crippen LogP contribution in [0.2, 0.25) is 0 Å². The van der Waals surface area contributed by atoms with Crippen molar-refractivity contribution in [2.75, 3.05) is 32.8 Å². The Morgan fingerprint density at radius 3 is 2.90 bits per heavy atom. The summed E-state index contributed by atoms with van der Waals surface area (Å²) in [5, 5.41) is 16.3. The van der Waals surface area contributed by atoms with Gasteiger partial charge >= 0.3 is 0 Å². The molecular formula is C31H36N4O4. The predicted octanol–water partition coefficient (Wildman–Crippen LogP) is 3.48. The van der Waals surface area contributed by atoms with Crippen LogP contribution in [0, 0.1) is 0 Å². The molecule has 4 atom stereocenters.